The molecule has 0 amide bonds. The number of anilines is 3. The van der Waals surface area contributed by atoms with E-state index < -0.39 is 22.0 Å². The number of benzene rings is 1. The Morgan fingerprint density at radius 3 is 2.62 bits per heavy atom. The van der Waals surface area contributed by atoms with Crippen molar-refractivity contribution >= 4 is 44.5 Å². The van der Waals surface area contributed by atoms with E-state index >= 15 is 0 Å². The number of amidine groups is 1. The molecule has 0 bridgehead atoms. The van der Waals surface area contributed by atoms with Crippen molar-refractivity contribution in [3.63, 3.8) is 0 Å². The molecule has 14 heteroatoms. The number of alkyl halides is 3. The lowest BCUT2D eigenvalue weighted by atomic mass is 10.2. The topological polar surface area (TPSA) is 124 Å². The summed E-state index contributed by atoms with van der Waals surface area (Å²) in [7, 11) is -4.00. The first kappa shape index (κ1) is 22.0. The van der Waals surface area contributed by atoms with E-state index in [9.17, 15) is 21.6 Å². The van der Waals surface area contributed by atoms with E-state index in [0.29, 0.717) is 29.9 Å². The van der Waals surface area contributed by atoms with Gasteiger partial charge >= 0.3 is 6.18 Å². The maximum absolute atomic E-state index is 12.8. The second-order valence-corrected chi connectivity index (χ2v) is 10.1. The van der Waals surface area contributed by atoms with Gasteiger partial charge in [-0.3, -0.25) is 10.1 Å². The molecular formula is C20H14F3N5O4S2. The molecule has 1 aliphatic rings. The summed E-state index contributed by atoms with van der Waals surface area (Å²) in [5.74, 6) is -0.510. The van der Waals surface area contributed by atoms with Gasteiger partial charge in [-0.05, 0) is 42.5 Å². The van der Waals surface area contributed by atoms with Crippen LogP contribution in [0.3, 0.4) is 0 Å². The zero-order valence-electron chi connectivity index (χ0n) is 16.9. The molecular weight excluding hydrogens is 495 g/mol. The summed E-state index contributed by atoms with van der Waals surface area (Å²) in [6.45, 7) is 0.306. The highest BCUT2D eigenvalue weighted by molar-refractivity contribution is 7.94. The molecule has 0 saturated carbocycles. The lowest BCUT2D eigenvalue weighted by molar-refractivity contribution is -0.155. The number of nitrogens with zero attached hydrogens (tertiary/aromatic N) is 2. The Hall–Kier alpha value is -3.78. The maximum Gasteiger partial charge on any atom is 0.452 e. The maximum atomic E-state index is 12.8. The van der Waals surface area contributed by atoms with Gasteiger partial charge in [0.1, 0.15) is 15.7 Å². The lowest BCUT2D eigenvalue weighted by Gasteiger charge is -2.29. The predicted molar refractivity (Wildman–Crippen MR) is 119 cm³/mol. The van der Waals surface area contributed by atoms with Gasteiger partial charge < -0.3 is 19.2 Å². The largest absolute Gasteiger partial charge is 0.452 e. The number of sulfonamides is 1. The van der Waals surface area contributed by atoms with Gasteiger partial charge in [-0.1, -0.05) is 5.16 Å². The third kappa shape index (κ3) is 4.01. The van der Waals surface area contributed by atoms with E-state index in [2.05, 4.69) is 19.7 Å². The zero-order chi connectivity index (χ0) is 24.1. The minimum absolute atomic E-state index is 0.0994. The molecule has 0 saturated heterocycles. The molecule has 1 aliphatic heterocycles. The molecule has 0 unspecified atom stereocenters. The molecule has 34 heavy (non-hydrogen) atoms. The molecule has 0 radical (unpaired) electrons. The fourth-order valence-corrected chi connectivity index (χ4v) is 5.59. The molecule has 4 heterocycles. The number of rotatable bonds is 5. The summed E-state index contributed by atoms with van der Waals surface area (Å²) >= 11 is 0.763. The van der Waals surface area contributed by atoms with E-state index in [1.54, 1.807) is 35.2 Å². The van der Waals surface area contributed by atoms with Crippen LogP contribution < -0.4 is 14.9 Å². The number of thiophene rings is 1. The fourth-order valence-electron chi connectivity index (χ4n) is 3.27. The summed E-state index contributed by atoms with van der Waals surface area (Å²) in [4.78, 5) is 1.90. The van der Waals surface area contributed by atoms with E-state index in [0.717, 1.165) is 11.3 Å². The third-order valence-corrected chi connectivity index (χ3v) is 7.89. The van der Waals surface area contributed by atoms with Crippen molar-refractivity contribution in [2.24, 2.45) is 0 Å². The Labute approximate surface area is 194 Å². The van der Waals surface area contributed by atoms with Crippen LogP contribution in [0.5, 0.6) is 0 Å². The number of furan rings is 1. The van der Waals surface area contributed by atoms with Gasteiger partial charge in [0, 0.05) is 17.4 Å². The highest BCUT2D eigenvalue weighted by atomic mass is 32.2. The van der Waals surface area contributed by atoms with Crippen LogP contribution in [-0.2, 0) is 16.2 Å². The van der Waals surface area contributed by atoms with Crippen LogP contribution in [0, 0.1) is 5.41 Å². The van der Waals surface area contributed by atoms with Crippen molar-refractivity contribution in [3.8, 4) is 10.6 Å². The van der Waals surface area contributed by atoms with Crippen molar-refractivity contribution in [2.45, 2.75) is 10.4 Å². The van der Waals surface area contributed by atoms with E-state index in [-0.39, 0.29) is 26.3 Å². The second kappa shape index (κ2) is 7.92. The molecule has 1 aromatic carbocycles. The molecule has 5 rings (SSSR count). The first-order chi connectivity index (χ1) is 16.1. The van der Waals surface area contributed by atoms with Crippen molar-refractivity contribution in [1.82, 2.24) is 5.16 Å². The standard InChI is InChI=1S/C20H14F3N5O4S2/c21-20(22,23)16-9-14(26-32-16)15-5-6-17(33-15)34(29,30)27-11-1-3-12(4-2-11)28-10-25-19-13(18(28)24)7-8-31-19/h1-9,24-25,27H,10H2. The number of fused-ring (bicyclic) bond motifs is 1. The van der Waals surface area contributed by atoms with E-state index in [1.165, 1.54) is 18.4 Å². The summed E-state index contributed by atoms with van der Waals surface area (Å²) in [5, 5.41) is 14.8. The van der Waals surface area contributed by atoms with Gasteiger partial charge in [0.15, 0.2) is 0 Å². The summed E-state index contributed by atoms with van der Waals surface area (Å²) in [5.41, 5.74) is 1.44. The third-order valence-electron chi connectivity index (χ3n) is 4.91. The Bertz CT molecular complexity index is 1470. The molecule has 3 aromatic heterocycles. The predicted octanol–water partition coefficient (Wildman–Crippen LogP) is 5.03. The summed E-state index contributed by atoms with van der Waals surface area (Å²) in [6, 6.07) is 11.5. The second-order valence-electron chi connectivity index (χ2n) is 7.12. The number of halogens is 3. The van der Waals surface area contributed by atoms with E-state index in [4.69, 9.17) is 9.83 Å². The molecule has 0 aliphatic carbocycles. The number of hydrogen-bond donors (Lipinski definition) is 3. The van der Waals surface area contributed by atoms with Crippen LogP contribution >= 0.6 is 11.3 Å². The fraction of sp³-hybridized carbons (Fsp3) is 0.100. The Kier molecular flexibility index (Phi) is 5.13. The van der Waals surface area contributed by atoms with Gasteiger partial charge in [-0.25, -0.2) is 8.42 Å². The molecule has 0 atom stereocenters. The number of hydrogen-bond acceptors (Lipinski definition) is 8. The van der Waals surface area contributed by atoms with Crippen LogP contribution in [0.4, 0.5) is 30.4 Å². The summed E-state index contributed by atoms with van der Waals surface area (Å²) in [6.07, 6.45) is -3.20. The smallest absolute Gasteiger partial charge is 0.448 e. The van der Waals surface area contributed by atoms with Crippen LogP contribution in [0.15, 0.2) is 67.9 Å². The normalized spacial score (nSPS) is 14.1. The molecule has 3 N–H and O–H groups in total. The van der Waals surface area contributed by atoms with Crippen molar-refractivity contribution < 1.29 is 30.5 Å². The molecule has 176 valence electrons. The Balaban J connectivity index is 1.31. The SMILES string of the molecule is N=C1c2ccoc2NCN1c1ccc(NS(=O)(=O)c2ccc(-c3cc(C(F)(F)F)on3)s2)cc1. The van der Waals surface area contributed by atoms with Gasteiger partial charge in [-0.2, -0.15) is 13.2 Å². The monoisotopic (exact) mass is 509 g/mol. The molecule has 4 aromatic rings. The van der Waals surface area contributed by atoms with Crippen molar-refractivity contribution in [3.05, 3.63) is 66.1 Å². The number of aromatic nitrogens is 1. The number of nitrogens with one attached hydrogen (secondary N) is 3. The van der Waals surface area contributed by atoms with Crippen LogP contribution in [0.1, 0.15) is 11.3 Å². The first-order valence-corrected chi connectivity index (χ1v) is 11.9. The van der Waals surface area contributed by atoms with Crippen LogP contribution in [-0.4, -0.2) is 26.1 Å². The van der Waals surface area contributed by atoms with Gasteiger partial charge in [0.2, 0.25) is 11.6 Å². The van der Waals surface area contributed by atoms with Gasteiger partial charge in [0.05, 0.1) is 23.4 Å². The van der Waals surface area contributed by atoms with E-state index in [1.807, 2.05) is 0 Å². The highest BCUT2D eigenvalue weighted by Crippen LogP contribution is 2.36. The quantitative estimate of drug-likeness (QED) is 0.345. The summed E-state index contributed by atoms with van der Waals surface area (Å²) < 4.78 is 75.6. The molecule has 0 fully saturated rings. The first-order valence-electron chi connectivity index (χ1n) is 9.57. The lowest BCUT2D eigenvalue weighted by Crippen LogP contribution is -2.39. The minimum atomic E-state index is -4.69. The van der Waals surface area contributed by atoms with Crippen molar-refractivity contribution in [1.29, 1.82) is 5.41 Å². The Morgan fingerprint density at radius 2 is 1.91 bits per heavy atom. The average Bonchev–Trinajstić information content (AvgIpc) is 3.53. The zero-order valence-corrected chi connectivity index (χ0v) is 18.5. The minimum Gasteiger partial charge on any atom is -0.448 e. The molecule has 9 nitrogen and oxygen atoms in total. The van der Waals surface area contributed by atoms with Gasteiger partial charge in [0.25, 0.3) is 10.0 Å². The average molecular weight is 509 g/mol. The van der Waals surface area contributed by atoms with Gasteiger partial charge in [-0.15, -0.1) is 11.3 Å². The van der Waals surface area contributed by atoms with Crippen molar-refractivity contribution in [2.75, 3.05) is 21.6 Å². The van der Waals surface area contributed by atoms with Crippen LogP contribution in [0.25, 0.3) is 10.6 Å². The Morgan fingerprint density at radius 1 is 1.15 bits per heavy atom. The van der Waals surface area contributed by atoms with Crippen LogP contribution in [0.2, 0.25) is 0 Å². The molecule has 0 spiro atoms. The highest BCUT2D eigenvalue weighted by Gasteiger charge is 2.36.